The van der Waals surface area contributed by atoms with Gasteiger partial charge in [-0.3, -0.25) is 10.2 Å². The van der Waals surface area contributed by atoms with Crippen molar-refractivity contribution < 1.29 is 9.90 Å². The van der Waals surface area contributed by atoms with E-state index in [9.17, 15) is 0 Å². The van der Waals surface area contributed by atoms with E-state index in [0.29, 0.717) is 10.0 Å². The molecule has 18 heavy (non-hydrogen) atoms. The number of carboxylic acid groups (broad SMARTS) is 1. The number of carboxylic acids is 1. The topological polar surface area (TPSA) is 112 Å². The average molecular weight is 291 g/mol. The lowest BCUT2D eigenvalue weighted by Gasteiger charge is -1.97. The van der Waals surface area contributed by atoms with Crippen molar-refractivity contribution in [2.45, 2.75) is 6.92 Å². The molecular weight excluding hydrogens is 279 g/mol. The maximum Gasteiger partial charge on any atom is 0.300 e. The highest BCUT2D eigenvalue weighted by molar-refractivity contribution is 6.35. The SMILES string of the molecule is CC(=O)O.N=C(N)NN=Cc1cc(Cl)cc(Cl)c1. The molecule has 0 spiro atoms. The Morgan fingerprint density at radius 3 is 2.28 bits per heavy atom. The van der Waals surface area contributed by atoms with Crippen LogP contribution in [0.4, 0.5) is 0 Å². The van der Waals surface area contributed by atoms with E-state index in [2.05, 4.69) is 10.5 Å². The fourth-order valence-corrected chi connectivity index (χ4v) is 1.37. The first-order valence-electron chi connectivity index (χ1n) is 4.60. The smallest absolute Gasteiger partial charge is 0.300 e. The summed E-state index contributed by atoms with van der Waals surface area (Å²) in [6.45, 7) is 1.08. The third-order valence-electron chi connectivity index (χ3n) is 1.28. The van der Waals surface area contributed by atoms with Gasteiger partial charge < -0.3 is 10.8 Å². The molecule has 0 bridgehead atoms. The standard InChI is InChI=1S/C8H8Cl2N4.C2H4O2/c9-6-1-5(2-7(10)3-6)4-13-14-8(11)12;1-2(3)4/h1-4H,(H4,11,12,14);1H3,(H,3,4). The first kappa shape index (κ1) is 16.2. The number of carbonyl (C=O) groups is 1. The number of hydrogen-bond donors (Lipinski definition) is 4. The van der Waals surface area contributed by atoms with Gasteiger partial charge in [-0.25, -0.2) is 5.43 Å². The lowest BCUT2D eigenvalue weighted by Crippen LogP contribution is -2.25. The number of guanidine groups is 1. The molecule has 1 rings (SSSR count). The lowest BCUT2D eigenvalue weighted by molar-refractivity contribution is -0.134. The van der Waals surface area contributed by atoms with Crippen LogP contribution in [0.2, 0.25) is 10.0 Å². The van der Waals surface area contributed by atoms with Crippen LogP contribution in [0.3, 0.4) is 0 Å². The molecular formula is C10H12Cl2N4O2. The summed E-state index contributed by atoms with van der Waals surface area (Å²) in [6.07, 6.45) is 1.47. The number of nitrogens with zero attached hydrogens (tertiary/aromatic N) is 1. The van der Waals surface area contributed by atoms with E-state index in [1.54, 1.807) is 18.2 Å². The zero-order valence-electron chi connectivity index (χ0n) is 9.45. The molecule has 0 radical (unpaired) electrons. The Hall–Kier alpha value is -1.79. The van der Waals surface area contributed by atoms with Gasteiger partial charge in [-0.15, -0.1) is 0 Å². The van der Waals surface area contributed by atoms with Gasteiger partial charge in [0.25, 0.3) is 5.97 Å². The number of benzene rings is 1. The van der Waals surface area contributed by atoms with Gasteiger partial charge in [0, 0.05) is 17.0 Å². The van der Waals surface area contributed by atoms with Crippen LogP contribution in [0.25, 0.3) is 0 Å². The second kappa shape index (κ2) is 8.32. The van der Waals surface area contributed by atoms with Gasteiger partial charge in [0.1, 0.15) is 0 Å². The van der Waals surface area contributed by atoms with Crippen LogP contribution in [0.15, 0.2) is 23.3 Å². The molecule has 0 amide bonds. The van der Waals surface area contributed by atoms with Crippen molar-refractivity contribution in [3.8, 4) is 0 Å². The van der Waals surface area contributed by atoms with Crippen molar-refractivity contribution in [2.75, 3.05) is 0 Å². The highest BCUT2D eigenvalue weighted by Gasteiger charge is 1.95. The second-order valence-electron chi connectivity index (χ2n) is 3.01. The molecule has 0 unspecified atom stereocenters. The van der Waals surface area contributed by atoms with Crippen molar-refractivity contribution in [2.24, 2.45) is 10.8 Å². The molecule has 0 atom stereocenters. The van der Waals surface area contributed by atoms with E-state index >= 15 is 0 Å². The predicted molar refractivity (Wildman–Crippen MR) is 72.4 cm³/mol. The third kappa shape index (κ3) is 9.44. The number of halogens is 2. The molecule has 0 heterocycles. The van der Waals surface area contributed by atoms with E-state index in [4.69, 9.17) is 44.2 Å². The number of nitrogens with two attached hydrogens (primary N) is 1. The largest absolute Gasteiger partial charge is 0.481 e. The van der Waals surface area contributed by atoms with Crippen LogP contribution < -0.4 is 11.2 Å². The van der Waals surface area contributed by atoms with Crippen molar-refractivity contribution in [1.29, 1.82) is 5.41 Å². The Kier molecular flexibility index (Phi) is 7.50. The van der Waals surface area contributed by atoms with Crippen LogP contribution in [0, 0.1) is 5.41 Å². The molecule has 1 aromatic rings. The average Bonchev–Trinajstić information content (AvgIpc) is 2.13. The molecule has 8 heteroatoms. The molecule has 98 valence electrons. The Labute approximate surface area is 114 Å². The highest BCUT2D eigenvalue weighted by Crippen LogP contribution is 2.17. The summed E-state index contributed by atoms with van der Waals surface area (Å²) in [6, 6.07) is 5.01. The van der Waals surface area contributed by atoms with Crippen LogP contribution >= 0.6 is 23.2 Å². The lowest BCUT2D eigenvalue weighted by atomic mass is 10.2. The molecule has 1 aromatic carbocycles. The zero-order valence-corrected chi connectivity index (χ0v) is 11.0. The monoisotopic (exact) mass is 290 g/mol. The summed E-state index contributed by atoms with van der Waals surface area (Å²) in [7, 11) is 0. The second-order valence-corrected chi connectivity index (χ2v) is 3.88. The van der Waals surface area contributed by atoms with E-state index in [0.717, 1.165) is 12.5 Å². The zero-order chi connectivity index (χ0) is 14.1. The number of rotatable bonds is 2. The summed E-state index contributed by atoms with van der Waals surface area (Å²) >= 11 is 11.5. The first-order valence-corrected chi connectivity index (χ1v) is 5.35. The number of nitrogens with one attached hydrogen (secondary N) is 2. The Morgan fingerprint density at radius 2 is 1.89 bits per heavy atom. The van der Waals surface area contributed by atoms with Gasteiger partial charge in [0.05, 0.1) is 6.21 Å². The maximum atomic E-state index is 9.00. The van der Waals surface area contributed by atoms with Crippen LogP contribution in [-0.2, 0) is 4.79 Å². The number of aliphatic carboxylic acids is 1. The van der Waals surface area contributed by atoms with Gasteiger partial charge in [0.2, 0.25) is 5.96 Å². The van der Waals surface area contributed by atoms with Gasteiger partial charge in [0.15, 0.2) is 0 Å². The number of hydrazone groups is 1. The minimum atomic E-state index is -0.833. The van der Waals surface area contributed by atoms with Crippen LogP contribution in [-0.4, -0.2) is 23.2 Å². The quantitative estimate of drug-likeness (QED) is 0.379. The van der Waals surface area contributed by atoms with Crippen molar-refractivity contribution in [1.82, 2.24) is 5.43 Å². The predicted octanol–water partition coefficient (Wildman–Crippen LogP) is 1.90. The fraction of sp³-hybridized carbons (Fsp3) is 0.100. The van der Waals surface area contributed by atoms with E-state index in [1.165, 1.54) is 6.21 Å². The molecule has 5 N–H and O–H groups in total. The fourth-order valence-electron chi connectivity index (χ4n) is 0.826. The summed E-state index contributed by atoms with van der Waals surface area (Å²) in [5.74, 6) is -1.06. The molecule has 0 aliphatic heterocycles. The van der Waals surface area contributed by atoms with Crippen LogP contribution in [0.5, 0.6) is 0 Å². The molecule has 0 aromatic heterocycles. The summed E-state index contributed by atoms with van der Waals surface area (Å²) < 4.78 is 0. The minimum Gasteiger partial charge on any atom is -0.481 e. The molecule has 0 saturated heterocycles. The van der Waals surface area contributed by atoms with Gasteiger partial charge in [-0.2, -0.15) is 5.10 Å². The van der Waals surface area contributed by atoms with E-state index in [1.807, 2.05) is 0 Å². The molecule has 0 fully saturated rings. The Balaban J connectivity index is 0.000000631. The number of hydrogen-bond acceptors (Lipinski definition) is 3. The van der Waals surface area contributed by atoms with Crippen molar-refractivity contribution in [3.63, 3.8) is 0 Å². The molecule has 0 aliphatic carbocycles. The molecule has 6 nitrogen and oxygen atoms in total. The normalized spacial score (nSPS) is 9.50. The minimum absolute atomic E-state index is 0.227. The van der Waals surface area contributed by atoms with E-state index < -0.39 is 5.97 Å². The van der Waals surface area contributed by atoms with Gasteiger partial charge >= 0.3 is 0 Å². The molecule has 0 saturated carbocycles. The summed E-state index contributed by atoms with van der Waals surface area (Å²) in [5.41, 5.74) is 8.03. The Morgan fingerprint density at radius 1 is 1.44 bits per heavy atom. The van der Waals surface area contributed by atoms with Gasteiger partial charge in [-0.05, 0) is 23.8 Å². The van der Waals surface area contributed by atoms with Crippen molar-refractivity contribution >= 4 is 41.3 Å². The van der Waals surface area contributed by atoms with E-state index in [-0.39, 0.29) is 5.96 Å². The maximum absolute atomic E-state index is 9.00. The highest BCUT2D eigenvalue weighted by atomic mass is 35.5. The third-order valence-corrected chi connectivity index (χ3v) is 1.72. The Bertz CT molecular complexity index is 439. The molecule has 0 aliphatic rings. The van der Waals surface area contributed by atoms with Gasteiger partial charge in [-0.1, -0.05) is 23.2 Å². The van der Waals surface area contributed by atoms with Crippen LogP contribution in [0.1, 0.15) is 12.5 Å². The summed E-state index contributed by atoms with van der Waals surface area (Å²) in [4.78, 5) is 9.00. The summed E-state index contributed by atoms with van der Waals surface area (Å²) in [5, 5.41) is 19.0. The first-order chi connectivity index (χ1) is 8.31. The van der Waals surface area contributed by atoms with Crippen molar-refractivity contribution in [3.05, 3.63) is 33.8 Å².